The largest absolute Gasteiger partial charge is 0.329 e. The lowest BCUT2D eigenvalue weighted by molar-refractivity contribution is -0.117. The van der Waals surface area contributed by atoms with E-state index in [1.54, 1.807) is 6.92 Å². The lowest BCUT2D eigenvalue weighted by Crippen LogP contribution is -2.36. The maximum Gasteiger partial charge on any atom is 0.131 e. The molecule has 0 aliphatic rings. The minimum atomic E-state index is 0.198. The SMILES string of the molecule is CC(=O)CC(CN)N(C)C. The molecule has 0 aliphatic heterocycles. The van der Waals surface area contributed by atoms with Crippen LogP contribution in [0.4, 0.5) is 0 Å². The third kappa shape index (κ3) is 3.58. The van der Waals surface area contributed by atoms with Gasteiger partial charge in [0.1, 0.15) is 5.78 Å². The molecule has 0 bridgehead atoms. The van der Waals surface area contributed by atoms with Gasteiger partial charge in [0.05, 0.1) is 0 Å². The molecule has 0 amide bonds. The Hall–Kier alpha value is -0.410. The first-order chi connectivity index (χ1) is 4.57. The molecule has 1 unspecified atom stereocenters. The maximum absolute atomic E-state index is 10.6. The van der Waals surface area contributed by atoms with Gasteiger partial charge in [-0.25, -0.2) is 0 Å². The highest BCUT2D eigenvalue weighted by Gasteiger charge is 2.10. The van der Waals surface area contributed by atoms with Gasteiger partial charge in [0.15, 0.2) is 0 Å². The standard InChI is InChI=1S/C7H16N2O/c1-6(10)4-7(5-8)9(2)3/h7H,4-5,8H2,1-3H3. The van der Waals surface area contributed by atoms with Crippen LogP contribution in [0, 0.1) is 0 Å². The van der Waals surface area contributed by atoms with Crippen molar-refractivity contribution in [2.75, 3.05) is 20.6 Å². The van der Waals surface area contributed by atoms with Crippen molar-refractivity contribution in [2.45, 2.75) is 19.4 Å². The Balaban J connectivity index is 3.71. The molecule has 0 aromatic rings. The van der Waals surface area contributed by atoms with Gasteiger partial charge in [-0.05, 0) is 21.0 Å². The summed E-state index contributed by atoms with van der Waals surface area (Å²) in [5.41, 5.74) is 5.43. The van der Waals surface area contributed by atoms with Gasteiger partial charge in [0.2, 0.25) is 0 Å². The summed E-state index contributed by atoms with van der Waals surface area (Å²) < 4.78 is 0. The summed E-state index contributed by atoms with van der Waals surface area (Å²) >= 11 is 0. The van der Waals surface area contributed by atoms with Crippen LogP contribution in [0.2, 0.25) is 0 Å². The van der Waals surface area contributed by atoms with E-state index in [0.29, 0.717) is 13.0 Å². The fourth-order valence-electron chi connectivity index (χ4n) is 0.809. The molecule has 3 nitrogen and oxygen atoms in total. The fourth-order valence-corrected chi connectivity index (χ4v) is 0.809. The zero-order chi connectivity index (χ0) is 8.15. The highest BCUT2D eigenvalue weighted by atomic mass is 16.1. The lowest BCUT2D eigenvalue weighted by Gasteiger charge is -2.20. The van der Waals surface area contributed by atoms with Crippen LogP contribution >= 0.6 is 0 Å². The number of nitrogens with zero attached hydrogens (tertiary/aromatic N) is 1. The van der Waals surface area contributed by atoms with Crippen molar-refractivity contribution < 1.29 is 4.79 Å². The molecule has 0 radical (unpaired) electrons. The molecule has 0 fully saturated rings. The van der Waals surface area contributed by atoms with Crippen LogP contribution in [0.5, 0.6) is 0 Å². The smallest absolute Gasteiger partial charge is 0.131 e. The van der Waals surface area contributed by atoms with E-state index in [1.165, 1.54) is 0 Å². The molecule has 0 spiro atoms. The number of likely N-dealkylation sites (N-methyl/N-ethyl adjacent to an activating group) is 1. The minimum absolute atomic E-state index is 0.198. The van der Waals surface area contributed by atoms with Crippen molar-refractivity contribution in [1.82, 2.24) is 4.90 Å². The number of hydrogen-bond acceptors (Lipinski definition) is 3. The van der Waals surface area contributed by atoms with E-state index in [9.17, 15) is 4.79 Å². The first kappa shape index (κ1) is 9.59. The second-order valence-electron chi connectivity index (χ2n) is 2.76. The zero-order valence-electron chi connectivity index (χ0n) is 6.92. The summed E-state index contributed by atoms with van der Waals surface area (Å²) in [6.45, 7) is 2.14. The molecule has 0 aromatic carbocycles. The van der Waals surface area contributed by atoms with Crippen LogP contribution < -0.4 is 5.73 Å². The van der Waals surface area contributed by atoms with Crippen molar-refractivity contribution >= 4 is 5.78 Å². The van der Waals surface area contributed by atoms with E-state index >= 15 is 0 Å². The van der Waals surface area contributed by atoms with Gasteiger partial charge in [-0.3, -0.25) is 4.79 Å². The third-order valence-electron chi connectivity index (χ3n) is 1.53. The first-order valence-electron chi connectivity index (χ1n) is 3.44. The molecule has 0 saturated heterocycles. The summed E-state index contributed by atoms with van der Waals surface area (Å²) in [7, 11) is 3.86. The first-order valence-corrected chi connectivity index (χ1v) is 3.44. The monoisotopic (exact) mass is 144 g/mol. The molecule has 0 saturated carbocycles. The Labute approximate surface area is 62.2 Å². The average molecular weight is 144 g/mol. The van der Waals surface area contributed by atoms with Crippen molar-refractivity contribution in [3.8, 4) is 0 Å². The summed E-state index contributed by atoms with van der Waals surface area (Å²) in [6, 6.07) is 0.206. The molecule has 0 aliphatic carbocycles. The van der Waals surface area contributed by atoms with E-state index in [0.717, 1.165) is 0 Å². The molecule has 3 heteroatoms. The maximum atomic E-state index is 10.6. The van der Waals surface area contributed by atoms with Gasteiger partial charge in [0.25, 0.3) is 0 Å². The summed E-state index contributed by atoms with van der Waals surface area (Å²) in [5.74, 6) is 0.198. The van der Waals surface area contributed by atoms with Crippen LogP contribution in [0.15, 0.2) is 0 Å². The van der Waals surface area contributed by atoms with Gasteiger partial charge in [-0.2, -0.15) is 0 Å². The molecule has 10 heavy (non-hydrogen) atoms. The van der Waals surface area contributed by atoms with Gasteiger partial charge in [-0.15, -0.1) is 0 Å². The third-order valence-corrected chi connectivity index (χ3v) is 1.53. The van der Waals surface area contributed by atoms with Gasteiger partial charge in [0, 0.05) is 19.0 Å². The Bertz CT molecular complexity index is 112. The summed E-state index contributed by atoms with van der Waals surface area (Å²) in [6.07, 6.45) is 0.559. The van der Waals surface area contributed by atoms with Crippen molar-refractivity contribution in [3.63, 3.8) is 0 Å². The fraction of sp³-hybridized carbons (Fsp3) is 0.857. The number of nitrogens with two attached hydrogens (primary N) is 1. The van der Waals surface area contributed by atoms with Crippen molar-refractivity contribution in [2.24, 2.45) is 5.73 Å². The predicted octanol–water partition coefficient (Wildman–Crippen LogP) is -0.146. The Morgan fingerprint density at radius 2 is 2.10 bits per heavy atom. The van der Waals surface area contributed by atoms with Gasteiger partial charge < -0.3 is 10.6 Å². The van der Waals surface area contributed by atoms with Crippen molar-refractivity contribution in [1.29, 1.82) is 0 Å². The number of Topliss-reactive ketones (excluding diaryl/α,β-unsaturated/α-hetero) is 1. The molecular formula is C7H16N2O. The normalized spacial score (nSPS) is 13.7. The molecular weight excluding hydrogens is 128 g/mol. The molecule has 0 heterocycles. The number of rotatable bonds is 4. The number of carbonyl (C=O) groups excluding carboxylic acids is 1. The van der Waals surface area contributed by atoms with Gasteiger partial charge >= 0.3 is 0 Å². The van der Waals surface area contributed by atoms with Crippen LogP contribution in [0.1, 0.15) is 13.3 Å². The van der Waals surface area contributed by atoms with Gasteiger partial charge in [-0.1, -0.05) is 0 Å². The van der Waals surface area contributed by atoms with E-state index < -0.39 is 0 Å². The second kappa shape index (κ2) is 4.41. The average Bonchev–Trinajstić information content (AvgIpc) is 1.81. The van der Waals surface area contributed by atoms with E-state index in [-0.39, 0.29) is 11.8 Å². The van der Waals surface area contributed by atoms with Crippen molar-refractivity contribution in [3.05, 3.63) is 0 Å². The lowest BCUT2D eigenvalue weighted by atomic mass is 10.1. The highest BCUT2D eigenvalue weighted by Crippen LogP contribution is 1.97. The molecule has 1 atom stereocenters. The molecule has 2 N–H and O–H groups in total. The number of carbonyl (C=O) groups is 1. The topological polar surface area (TPSA) is 46.3 Å². The quantitative estimate of drug-likeness (QED) is 0.597. The Morgan fingerprint density at radius 1 is 1.60 bits per heavy atom. The molecule has 60 valence electrons. The van der Waals surface area contributed by atoms with Crippen LogP contribution in [0.3, 0.4) is 0 Å². The van der Waals surface area contributed by atoms with Crippen LogP contribution in [-0.4, -0.2) is 37.4 Å². The number of ketones is 1. The van der Waals surface area contributed by atoms with E-state index in [2.05, 4.69) is 0 Å². The van der Waals surface area contributed by atoms with E-state index in [1.807, 2.05) is 19.0 Å². The Kier molecular flexibility index (Phi) is 4.23. The zero-order valence-corrected chi connectivity index (χ0v) is 6.92. The Morgan fingerprint density at radius 3 is 2.20 bits per heavy atom. The van der Waals surface area contributed by atoms with Crippen LogP contribution in [-0.2, 0) is 4.79 Å². The molecule has 0 rings (SSSR count). The predicted molar refractivity (Wildman–Crippen MR) is 41.8 cm³/mol. The number of hydrogen-bond donors (Lipinski definition) is 1. The summed E-state index contributed by atoms with van der Waals surface area (Å²) in [5, 5.41) is 0. The second-order valence-corrected chi connectivity index (χ2v) is 2.76. The minimum Gasteiger partial charge on any atom is -0.329 e. The summed E-state index contributed by atoms with van der Waals surface area (Å²) in [4.78, 5) is 12.6. The van der Waals surface area contributed by atoms with E-state index in [4.69, 9.17) is 5.73 Å². The highest BCUT2D eigenvalue weighted by molar-refractivity contribution is 5.76. The van der Waals surface area contributed by atoms with Crippen LogP contribution in [0.25, 0.3) is 0 Å². The molecule has 0 aromatic heterocycles.